The predicted molar refractivity (Wildman–Crippen MR) is 125 cm³/mol. The fraction of sp³-hybridized carbons (Fsp3) is 0.864. The number of carboxylic acids is 1. The predicted octanol–water partition coefficient (Wildman–Crippen LogP) is -3.55. The molecule has 10 N–H and O–H groups in total. The number of likely N-dealkylation sites (tertiary alicyclic amines) is 1. The van der Waals surface area contributed by atoms with Gasteiger partial charge in [0.25, 0.3) is 5.79 Å². The van der Waals surface area contributed by atoms with Gasteiger partial charge in [0.05, 0.1) is 19.2 Å². The van der Waals surface area contributed by atoms with Gasteiger partial charge in [0, 0.05) is 6.54 Å². The first-order valence-corrected chi connectivity index (χ1v) is 12.4. The molecule has 2 fully saturated rings. The van der Waals surface area contributed by atoms with Crippen LogP contribution in [0.2, 0.25) is 0 Å². The molecule has 2 rings (SSSR count). The van der Waals surface area contributed by atoms with E-state index in [9.17, 15) is 43.6 Å². The minimum absolute atomic E-state index is 0.000888. The molecule has 2 aliphatic heterocycles. The van der Waals surface area contributed by atoms with Gasteiger partial charge in [-0.15, -0.1) is 0 Å². The summed E-state index contributed by atoms with van der Waals surface area (Å²) in [6.07, 6.45) is -6.63. The summed E-state index contributed by atoms with van der Waals surface area (Å²) in [7, 11) is 0. The number of aliphatic hydroxyl groups is 5. The van der Waals surface area contributed by atoms with Crippen LogP contribution in [-0.2, 0) is 19.1 Å². The molecule has 2 heterocycles. The van der Waals surface area contributed by atoms with E-state index in [1.165, 1.54) is 11.8 Å². The number of ether oxygens (including phenoxy) is 1. The van der Waals surface area contributed by atoms with Gasteiger partial charge in [-0.3, -0.25) is 14.4 Å². The molecule has 0 aliphatic carbocycles. The van der Waals surface area contributed by atoms with Gasteiger partial charge in [-0.25, -0.2) is 0 Å². The van der Waals surface area contributed by atoms with E-state index in [1.807, 2.05) is 0 Å². The van der Waals surface area contributed by atoms with Crippen LogP contribution in [0, 0.1) is 0 Å². The van der Waals surface area contributed by atoms with Gasteiger partial charge in [-0.05, 0) is 39.2 Å². The smallest absolute Gasteiger partial charge is 0.325 e. The fourth-order valence-corrected chi connectivity index (χ4v) is 4.45. The second kappa shape index (κ2) is 13.3. The number of carbonyl (C=O) groups excluding carboxylic acids is 2. The fourth-order valence-electron chi connectivity index (χ4n) is 4.45. The lowest BCUT2D eigenvalue weighted by Gasteiger charge is -2.48. The molecule has 16 heteroatoms. The summed E-state index contributed by atoms with van der Waals surface area (Å²) in [5.74, 6) is -9.96. The van der Waals surface area contributed by atoms with Gasteiger partial charge < -0.3 is 56.6 Å². The Labute approximate surface area is 217 Å². The molecule has 0 aromatic rings. The number of nitrogens with zero attached hydrogens (tertiary/aromatic N) is 1. The van der Waals surface area contributed by atoms with Gasteiger partial charge in [-0.2, -0.15) is 8.78 Å². The van der Waals surface area contributed by atoms with Crippen molar-refractivity contribution < 1.29 is 58.5 Å². The molecule has 0 aromatic carbocycles. The van der Waals surface area contributed by atoms with Crippen molar-refractivity contribution in [3.8, 4) is 0 Å². The summed E-state index contributed by atoms with van der Waals surface area (Å²) in [4.78, 5) is 37.4. The Kier molecular flexibility index (Phi) is 11.3. The van der Waals surface area contributed by atoms with E-state index in [0.29, 0.717) is 32.2 Å². The molecular weight excluding hydrogens is 518 g/mol. The zero-order valence-electron chi connectivity index (χ0n) is 21.0. The Morgan fingerprint density at radius 1 is 1.21 bits per heavy atom. The second-order valence-corrected chi connectivity index (χ2v) is 9.70. The maximum atomic E-state index is 14.7. The molecule has 2 aliphatic rings. The van der Waals surface area contributed by atoms with E-state index in [0.717, 1.165) is 0 Å². The molecule has 14 nitrogen and oxygen atoms in total. The van der Waals surface area contributed by atoms with Crippen molar-refractivity contribution in [2.24, 2.45) is 5.73 Å². The molecule has 0 spiro atoms. The third-order valence-electron chi connectivity index (χ3n) is 6.84. The topological polar surface area (TPSA) is 235 Å². The Bertz CT molecular complexity index is 838. The van der Waals surface area contributed by atoms with Crippen LogP contribution in [0.4, 0.5) is 8.78 Å². The number of aliphatic hydroxyl groups excluding tert-OH is 4. The molecule has 0 bridgehead atoms. The van der Waals surface area contributed by atoms with Crippen molar-refractivity contribution in [3.63, 3.8) is 0 Å². The van der Waals surface area contributed by atoms with Crippen LogP contribution in [0.1, 0.15) is 39.0 Å². The van der Waals surface area contributed by atoms with Crippen molar-refractivity contribution in [1.29, 1.82) is 0 Å². The summed E-state index contributed by atoms with van der Waals surface area (Å²) in [6.45, 7) is -0.561. The third kappa shape index (κ3) is 7.12. The first-order chi connectivity index (χ1) is 17.7. The quantitative estimate of drug-likeness (QED) is 0.100. The highest BCUT2D eigenvalue weighted by molar-refractivity contribution is 5.92. The molecule has 0 aromatic heterocycles. The number of carboxylic acid groups (broad SMARTS) is 1. The molecule has 38 heavy (non-hydrogen) atoms. The molecule has 0 radical (unpaired) electrons. The first-order valence-electron chi connectivity index (χ1n) is 12.4. The number of rotatable bonds is 13. The molecule has 220 valence electrons. The largest absolute Gasteiger partial charge is 0.480 e. The number of hydrogen-bond donors (Lipinski definition) is 9. The number of unbranched alkanes of at least 4 members (excludes halogenated alkanes) is 1. The van der Waals surface area contributed by atoms with Crippen LogP contribution >= 0.6 is 0 Å². The van der Waals surface area contributed by atoms with Crippen LogP contribution in [0.25, 0.3) is 0 Å². The van der Waals surface area contributed by atoms with Crippen molar-refractivity contribution in [2.45, 2.75) is 93.3 Å². The number of halogens is 2. The highest BCUT2D eigenvalue weighted by atomic mass is 19.3. The number of nitrogens with two attached hydrogens (primary N) is 1. The number of hydrogen-bond acceptors (Lipinski definition) is 11. The van der Waals surface area contributed by atoms with Crippen LogP contribution in [0.15, 0.2) is 0 Å². The Morgan fingerprint density at radius 3 is 2.47 bits per heavy atom. The van der Waals surface area contributed by atoms with E-state index in [4.69, 9.17) is 15.9 Å². The number of amides is 2. The number of alkyl halides is 2. The van der Waals surface area contributed by atoms with Crippen molar-refractivity contribution >= 4 is 17.8 Å². The maximum absolute atomic E-state index is 14.7. The molecular formula is C22H38F2N4O10. The van der Waals surface area contributed by atoms with Crippen molar-refractivity contribution in [2.75, 3.05) is 26.2 Å². The molecule has 2 amide bonds. The number of carbonyl (C=O) groups is 3. The van der Waals surface area contributed by atoms with E-state index in [-0.39, 0.29) is 13.0 Å². The number of nitrogens with one attached hydrogen (secondary N) is 2. The lowest BCUT2D eigenvalue weighted by atomic mass is 9.88. The van der Waals surface area contributed by atoms with Crippen molar-refractivity contribution in [1.82, 2.24) is 15.5 Å². The van der Waals surface area contributed by atoms with Crippen LogP contribution in [0.5, 0.6) is 0 Å². The minimum atomic E-state index is -4.13. The van der Waals surface area contributed by atoms with E-state index >= 15 is 0 Å². The standard InChI is InChI=1S/C22H38F2N4O10/c1-11(20(35)36)27-18(33)13-6-4-8-28(13)19(34)12(25)5-2-3-7-26-10-21(23,24)22(37)17(32)16(31)15(30)14(9-29)38-22/h11-17,26,29-32,37H,2-10,25H2,1H3,(H,27,33)(H,35,36)/t11-,12-,13-,14+,15-,16-,17+,22?/m0/s1. The highest BCUT2D eigenvalue weighted by Crippen LogP contribution is 2.39. The molecule has 1 unspecified atom stereocenters. The first kappa shape index (κ1) is 32.2. The lowest BCUT2D eigenvalue weighted by Crippen LogP contribution is -2.72. The Hall–Kier alpha value is -2.05. The molecule has 0 saturated carbocycles. The minimum Gasteiger partial charge on any atom is -0.480 e. The average Bonchev–Trinajstić information content (AvgIpc) is 3.36. The zero-order chi connectivity index (χ0) is 28.8. The van der Waals surface area contributed by atoms with E-state index in [1.54, 1.807) is 0 Å². The van der Waals surface area contributed by atoms with E-state index in [2.05, 4.69) is 15.4 Å². The van der Waals surface area contributed by atoms with Gasteiger partial charge >= 0.3 is 11.9 Å². The summed E-state index contributed by atoms with van der Waals surface area (Å²) >= 11 is 0. The zero-order valence-corrected chi connectivity index (χ0v) is 21.0. The van der Waals surface area contributed by atoms with Crippen LogP contribution in [-0.4, -0.2) is 134 Å². The van der Waals surface area contributed by atoms with Crippen LogP contribution < -0.4 is 16.4 Å². The summed E-state index contributed by atoms with van der Waals surface area (Å²) < 4.78 is 34.0. The Balaban J connectivity index is 1.79. The lowest BCUT2D eigenvalue weighted by molar-refractivity contribution is -0.409. The second-order valence-electron chi connectivity index (χ2n) is 9.70. The van der Waals surface area contributed by atoms with Gasteiger partial charge in [0.15, 0.2) is 0 Å². The summed E-state index contributed by atoms with van der Waals surface area (Å²) in [5, 5.41) is 62.5. The summed E-state index contributed by atoms with van der Waals surface area (Å²) in [6, 6.07) is -2.90. The van der Waals surface area contributed by atoms with Gasteiger partial charge in [0.2, 0.25) is 11.8 Å². The molecule has 8 atom stereocenters. The van der Waals surface area contributed by atoms with Gasteiger partial charge in [-0.1, -0.05) is 6.42 Å². The summed E-state index contributed by atoms with van der Waals surface area (Å²) in [5.41, 5.74) is 5.97. The molecule has 2 saturated heterocycles. The van der Waals surface area contributed by atoms with Crippen molar-refractivity contribution in [3.05, 3.63) is 0 Å². The third-order valence-corrected chi connectivity index (χ3v) is 6.84. The van der Waals surface area contributed by atoms with Gasteiger partial charge in [0.1, 0.15) is 36.5 Å². The maximum Gasteiger partial charge on any atom is 0.325 e. The normalized spacial score (nSPS) is 31.6. The van der Waals surface area contributed by atoms with Crippen LogP contribution in [0.3, 0.4) is 0 Å². The SMILES string of the molecule is C[C@H](NC(=O)[C@@H]1CCCN1C(=O)[C@@H](N)CCCCNCC(F)(F)C1(O)O[C@H](CO)[C@H](O)[C@H](O)[C@H]1O)C(=O)O. The average molecular weight is 557 g/mol. The highest BCUT2D eigenvalue weighted by Gasteiger charge is 2.65. The monoisotopic (exact) mass is 556 g/mol. The number of aliphatic carboxylic acids is 1. The Morgan fingerprint density at radius 2 is 1.87 bits per heavy atom. The van der Waals surface area contributed by atoms with E-state index < -0.39 is 85.2 Å².